The second kappa shape index (κ2) is 8.77. The summed E-state index contributed by atoms with van der Waals surface area (Å²) in [6.07, 6.45) is 7.09. The summed E-state index contributed by atoms with van der Waals surface area (Å²) in [5, 5.41) is 10.8. The van der Waals surface area contributed by atoms with Crippen molar-refractivity contribution in [1.29, 1.82) is 0 Å². The Labute approximate surface area is 172 Å². The van der Waals surface area contributed by atoms with Gasteiger partial charge in [-0.2, -0.15) is 0 Å². The molecule has 0 amide bonds. The quantitative estimate of drug-likeness (QED) is 0.376. The van der Waals surface area contributed by atoms with E-state index >= 15 is 0 Å². The first-order valence-electron chi connectivity index (χ1n) is 11.2. The van der Waals surface area contributed by atoms with Crippen molar-refractivity contribution in [2.24, 2.45) is 17.8 Å². The topological polar surface area (TPSA) is 47.9 Å². The van der Waals surface area contributed by atoms with Gasteiger partial charge in [0.05, 0.1) is 19.3 Å². The normalized spacial score (nSPS) is 31.4. The third kappa shape index (κ3) is 4.68. The highest BCUT2D eigenvalue weighted by molar-refractivity contribution is 6.74. The van der Waals surface area contributed by atoms with E-state index < -0.39 is 8.32 Å². The number of unbranched alkanes of at least 4 members (excludes halogenated alkanes) is 4. The molecule has 4 atom stereocenters. The summed E-state index contributed by atoms with van der Waals surface area (Å²) in [4.78, 5) is 0. The number of hydrogen-bond donors (Lipinski definition) is 1. The molecular formula is C23H40O4Si. The fourth-order valence-corrected chi connectivity index (χ4v) is 5.66. The van der Waals surface area contributed by atoms with Gasteiger partial charge in [0.1, 0.15) is 0 Å². The van der Waals surface area contributed by atoms with Crippen LogP contribution in [-0.2, 0) is 13.9 Å². The summed E-state index contributed by atoms with van der Waals surface area (Å²) >= 11 is 0. The first-order chi connectivity index (χ1) is 13.2. The molecule has 1 saturated heterocycles. The zero-order chi connectivity index (χ0) is 20.4. The van der Waals surface area contributed by atoms with Gasteiger partial charge in [-0.1, -0.05) is 39.5 Å². The lowest BCUT2D eigenvalue weighted by Crippen LogP contribution is -2.54. The van der Waals surface area contributed by atoms with Crippen LogP contribution in [0.3, 0.4) is 0 Å². The van der Waals surface area contributed by atoms with Crippen LogP contribution >= 0.6 is 0 Å². The lowest BCUT2D eigenvalue weighted by Gasteiger charge is -2.48. The second-order valence-electron chi connectivity index (χ2n) is 10.4. The minimum Gasteiger partial charge on any atom is -0.417 e. The summed E-state index contributed by atoms with van der Waals surface area (Å²) in [5.41, 5.74) is 0. The summed E-state index contributed by atoms with van der Waals surface area (Å²) in [6, 6.07) is 0. The third-order valence-corrected chi connectivity index (χ3v) is 12.0. The van der Waals surface area contributed by atoms with Gasteiger partial charge in [-0.15, -0.1) is 5.92 Å². The second-order valence-corrected chi connectivity index (χ2v) is 15.2. The van der Waals surface area contributed by atoms with E-state index in [4.69, 9.17) is 13.9 Å². The molecule has 3 rings (SSSR count). The van der Waals surface area contributed by atoms with Crippen LogP contribution in [0.5, 0.6) is 0 Å². The smallest absolute Gasteiger partial charge is 0.191 e. The van der Waals surface area contributed by atoms with E-state index in [2.05, 4.69) is 45.7 Å². The highest BCUT2D eigenvalue weighted by Gasteiger charge is 2.64. The first kappa shape index (κ1) is 22.3. The van der Waals surface area contributed by atoms with Crippen LogP contribution in [0.1, 0.15) is 65.7 Å². The van der Waals surface area contributed by atoms with E-state index in [9.17, 15) is 5.11 Å². The van der Waals surface area contributed by atoms with E-state index in [1.165, 1.54) is 12.8 Å². The number of ether oxygens (including phenoxy) is 2. The molecule has 3 aliphatic rings. The fraction of sp³-hybridized carbons (Fsp3) is 0.913. The molecule has 5 heteroatoms. The van der Waals surface area contributed by atoms with Crippen molar-refractivity contribution < 1.29 is 19.0 Å². The van der Waals surface area contributed by atoms with Crippen LogP contribution in [0.25, 0.3) is 0 Å². The van der Waals surface area contributed by atoms with Gasteiger partial charge in [-0.25, -0.2) is 0 Å². The van der Waals surface area contributed by atoms with Crippen LogP contribution in [0.2, 0.25) is 18.1 Å². The van der Waals surface area contributed by atoms with E-state index in [0.717, 1.165) is 38.7 Å². The number of fused-ring (bicyclic) bond motifs is 2. The molecule has 0 aromatic rings. The van der Waals surface area contributed by atoms with Gasteiger partial charge in [-0.05, 0) is 43.3 Å². The Kier molecular flexibility index (Phi) is 6.99. The first-order valence-corrected chi connectivity index (χ1v) is 14.2. The van der Waals surface area contributed by atoms with Crippen molar-refractivity contribution in [1.82, 2.24) is 0 Å². The Bertz CT molecular complexity index is 580. The number of hydrogen-bond acceptors (Lipinski definition) is 4. The predicted octanol–water partition coefficient (Wildman–Crippen LogP) is 4.72. The Balaban J connectivity index is 1.27. The maximum Gasteiger partial charge on any atom is 0.191 e. The SMILES string of the molecule is CC(C)(C)[Si](C)(C)OCCCCCCC#C[C@H]1CC2C(CC23OCCO3)C1O. The van der Waals surface area contributed by atoms with Crippen molar-refractivity contribution in [2.45, 2.75) is 95.7 Å². The highest BCUT2D eigenvalue weighted by Crippen LogP contribution is 2.58. The summed E-state index contributed by atoms with van der Waals surface area (Å²) in [6.45, 7) is 13.8. The van der Waals surface area contributed by atoms with Crippen molar-refractivity contribution >= 4 is 8.32 Å². The molecule has 3 unspecified atom stereocenters. The van der Waals surface area contributed by atoms with Gasteiger partial charge in [0.25, 0.3) is 0 Å². The molecule has 2 aliphatic carbocycles. The minimum absolute atomic E-state index is 0.0974. The van der Waals surface area contributed by atoms with Crippen LogP contribution in [0, 0.1) is 29.6 Å². The zero-order valence-electron chi connectivity index (χ0n) is 18.6. The molecule has 160 valence electrons. The van der Waals surface area contributed by atoms with E-state index in [1.807, 2.05) is 0 Å². The van der Waals surface area contributed by atoms with Crippen molar-refractivity contribution in [2.75, 3.05) is 19.8 Å². The molecular weight excluding hydrogens is 368 g/mol. The molecule has 0 radical (unpaired) electrons. The predicted molar refractivity (Wildman–Crippen MR) is 114 cm³/mol. The molecule has 0 bridgehead atoms. The summed E-state index contributed by atoms with van der Waals surface area (Å²) in [7, 11) is -1.59. The van der Waals surface area contributed by atoms with Gasteiger partial charge in [0.15, 0.2) is 14.1 Å². The molecule has 2 saturated carbocycles. The van der Waals surface area contributed by atoms with E-state index in [1.54, 1.807) is 0 Å². The largest absolute Gasteiger partial charge is 0.417 e. The summed E-state index contributed by atoms with van der Waals surface area (Å²) < 4.78 is 17.9. The van der Waals surface area contributed by atoms with Gasteiger partial charge in [0, 0.05) is 31.3 Å². The third-order valence-electron chi connectivity index (χ3n) is 7.49. The molecule has 28 heavy (non-hydrogen) atoms. The average Bonchev–Trinajstić information content (AvgIpc) is 3.19. The van der Waals surface area contributed by atoms with Crippen molar-refractivity contribution in [3.63, 3.8) is 0 Å². The molecule has 4 nitrogen and oxygen atoms in total. The number of aliphatic hydroxyl groups excluding tert-OH is 1. The van der Waals surface area contributed by atoms with Crippen LogP contribution < -0.4 is 0 Å². The maximum absolute atomic E-state index is 10.5. The number of rotatable bonds is 7. The number of aliphatic hydroxyl groups is 1. The molecule has 1 aliphatic heterocycles. The van der Waals surface area contributed by atoms with E-state index in [-0.39, 0.29) is 17.8 Å². The Morgan fingerprint density at radius 2 is 1.79 bits per heavy atom. The summed E-state index contributed by atoms with van der Waals surface area (Å²) in [5.74, 6) is 7.04. The van der Waals surface area contributed by atoms with Gasteiger partial charge >= 0.3 is 0 Å². The molecule has 1 heterocycles. The van der Waals surface area contributed by atoms with Gasteiger partial charge in [0.2, 0.25) is 0 Å². The monoisotopic (exact) mass is 408 g/mol. The van der Waals surface area contributed by atoms with Crippen LogP contribution in [0.4, 0.5) is 0 Å². The molecule has 0 aromatic heterocycles. The van der Waals surface area contributed by atoms with Crippen LogP contribution in [-0.4, -0.2) is 45.1 Å². The average molecular weight is 409 g/mol. The molecule has 1 N–H and O–H groups in total. The Morgan fingerprint density at radius 1 is 1.11 bits per heavy atom. The molecule has 3 fully saturated rings. The fourth-order valence-electron chi connectivity index (χ4n) is 4.58. The van der Waals surface area contributed by atoms with Gasteiger partial charge < -0.3 is 19.0 Å². The van der Waals surface area contributed by atoms with Crippen molar-refractivity contribution in [3.8, 4) is 11.8 Å². The van der Waals surface area contributed by atoms with Crippen LogP contribution in [0.15, 0.2) is 0 Å². The Morgan fingerprint density at radius 3 is 2.46 bits per heavy atom. The molecule has 1 spiro atoms. The standard InChI is InChI=1S/C23H40O4Si/c1-22(2,3)28(4,5)27-13-11-9-7-6-8-10-12-18-16-20-19(21(18)24)17-23(20)25-14-15-26-23/h18-21,24H,6-9,11,13-17H2,1-5H3/t18-,19?,20?,21?/m0/s1. The molecule has 0 aromatic carbocycles. The lowest BCUT2D eigenvalue weighted by molar-refractivity contribution is -0.275. The Hall–Kier alpha value is -0.383. The zero-order valence-corrected chi connectivity index (χ0v) is 19.6. The maximum atomic E-state index is 10.5. The van der Waals surface area contributed by atoms with E-state index in [0.29, 0.717) is 30.1 Å². The minimum atomic E-state index is -1.59. The lowest BCUT2D eigenvalue weighted by atomic mass is 9.69. The van der Waals surface area contributed by atoms with Gasteiger partial charge in [-0.3, -0.25) is 0 Å². The van der Waals surface area contributed by atoms with Crippen molar-refractivity contribution in [3.05, 3.63) is 0 Å². The highest BCUT2D eigenvalue weighted by atomic mass is 28.4.